The Hall–Kier alpha value is -2.83. The average Bonchev–Trinajstić information content (AvgIpc) is 3.30. The normalized spacial score (nSPS) is 11.8. The molecule has 0 atom stereocenters. The van der Waals surface area contributed by atoms with Crippen LogP contribution in [0.1, 0.15) is 26.1 Å². The number of hydrogen-bond acceptors (Lipinski definition) is 5. The van der Waals surface area contributed by atoms with Crippen LogP contribution in [0.25, 0.3) is 33.3 Å². The van der Waals surface area contributed by atoms with E-state index in [-0.39, 0.29) is 5.41 Å². The third-order valence-corrected chi connectivity index (χ3v) is 6.60. The van der Waals surface area contributed by atoms with Gasteiger partial charge in [-0.15, -0.1) is 0 Å². The fourth-order valence-corrected chi connectivity index (χ4v) is 4.39. The van der Waals surface area contributed by atoms with Gasteiger partial charge in [-0.3, -0.25) is 4.98 Å². The van der Waals surface area contributed by atoms with Crippen LogP contribution in [0, 0.1) is 0 Å². The molecule has 0 saturated heterocycles. The van der Waals surface area contributed by atoms with Crippen LogP contribution in [0.15, 0.2) is 60.9 Å². The molecule has 0 spiro atoms. The number of nitrogens with zero attached hydrogens (tertiary/aromatic N) is 2. The van der Waals surface area contributed by atoms with Crippen molar-refractivity contribution in [2.24, 2.45) is 0 Å². The molecular formula is C27H32N4OS. The Morgan fingerprint density at radius 3 is 2.52 bits per heavy atom. The maximum atomic E-state index is 5.38. The first-order chi connectivity index (χ1) is 16.0. The Morgan fingerprint density at radius 2 is 1.76 bits per heavy atom. The van der Waals surface area contributed by atoms with Crippen LogP contribution in [0.5, 0.6) is 5.75 Å². The van der Waals surface area contributed by atoms with Crippen molar-refractivity contribution < 1.29 is 4.74 Å². The van der Waals surface area contributed by atoms with Crippen LogP contribution in [0.2, 0.25) is 0 Å². The van der Waals surface area contributed by atoms with Gasteiger partial charge in [0.05, 0.1) is 18.5 Å². The number of fused-ring (bicyclic) bond motifs is 1. The number of imidazole rings is 1. The van der Waals surface area contributed by atoms with Crippen molar-refractivity contribution in [1.82, 2.24) is 20.3 Å². The molecule has 172 valence electrons. The number of benzene rings is 2. The van der Waals surface area contributed by atoms with Crippen LogP contribution < -0.4 is 10.1 Å². The summed E-state index contributed by atoms with van der Waals surface area (Å²) < 4.78 is 5.38. The molecule has 2 N–H and O–H groups in total. The highest BCUT2D eigenvalue weighted by atomic mass is 32.2. The number of aromatic amines is 1. The molecule has 0 bridgehead atoms. The zero-order valence-electron chi connectivity index (χ0n) is 19.8. The lowest BCUT2D eigenvalue weighted by Gasteiger charge is -2.22. The minimum Gasteiger partial charge on any atom is -0.497 e. The molecule has 4 rings (SSSR count). The third-order valence-electron chi connectivity index (χ3n) is 5.90. The van der Waals surface area contributed by atoms with Gasteiger partial charge in [0.1, 0.15) is 11.6 Å². The minimum atomic E-state index is -0.135. The first kappa shape index (κ1) is 23.3. The van der Waals surface area contributed by atoms with E-state index in [1.807, 2.05) is 42.4 Å². The molecule has 0 aliphatic rings. The van der Waals surface area contributed by atoms with Crippen LogP contribution in [-0.2, 0) is 5.41 Å². The van der Waals surface area contributed by atoms with Gasteiger partial charge in [-0.2, -0.15) is 11.8 Å². The maximum absolute atomic E-state index is 5.38. The highest BCUT2D eigenvalue weighted by Gasteiger charge is 2.26. The molecule has 6 heteroatoms. The van der Waals surface area contributed by atoms with E-state index in [9.17, 15) is 0 Å². The second-order valence-electron chi connectivity index (χ2n) is 8.88. The van der Waals surface area contributed by atoms with Gasteiger partial charge in [-0.1, -0.05) is 32.0 Å². The van der Waals surface area contributed by atoms with Gasteiger partial charge >= 0.3 is 0 Å². The van der Waals surface area contributed by atoms with E-state index in [1.165, 1.54) is 12.2 Å². The molecule has 0 saturated carbocycles. The van der Waals surface area contributed by atoms with Gasteiger partial charge in [0, 0.05) is 35.5 Å². The predicted molar refractivity (Wildman–Crippen MR) is 140 cm³/mol. The molecule has 4 aromatic rings. The number of thioether (sulfide) groups is 1. The molecular weight excluding hydrogens is 428 g/mol. The summed E-state index contributed by atoms with van der Waals surface area (Å²) in [7, 11) is 1.70. The van der Waals surface area contributed by atoms with Crippen molar-refractivity contribution in [2.75, 3.05) is 32.2 Å². The van der Waals surface area contributed by atoms with Crippen molar-refractivity contribution in [3.05, 3.63) is 66.7 Å². The van der Waals surface area contributed by atoms with E-state index < -0.39 is 0 Å². The van der Waals surface area contributed by atoms with Crippen LogP contribution in [0.3, 0.4) is 0 Å². The number of H-pyrrole nitrogens is 1. The van der Waals surface area contributed by atoms with Gasteiger partial charge in [-0.05, 0) is 66.1 Å². The minimum absolute atomic E-state index is 0.135. The quantitative estimate of drug-likeness (QED) is 0.288. The third kappa shape index (κ3) is 5.40. The molecule has 2 heterocycles. The van der Waals surface area contributed by atoms with Crippen molar-refractivity contribution >= 4 is 22.5 Å². The van der Waals surface area contributed by atoms with Gasteiger partial charge < -0.3 is 15.0 Å². The standard InChI is InChI=1S/C27H32N4OS/c1-27(2,18-29-12-5-15-33-4)26-30-24(19-10-13-28-14-11-19)25(31-26)22-7-6-21-17-23(32-3)9-8-20(21)16-22/h6-11,13-14,16-17,29H,5,12,15,18H2,1-4H3,(H,30,31). The molecule has 2 aromatic carbocycles. The summed E-state index contributed by atoms with van der Waals surface area (Å²) in [4.78, 5) is 13.0. The fourth-order valence-electron chi connectivity index (χ4n) is 3.95. The lowest BCUT2D eigenvalue weighted by Crippen LogP contribution is -2.34. The lowest BCUT2D eigenvalue weighted by molar-refractivity contribution is 0.415. The number of pyridine rings is 1. The molecule has 0 fully saturated rings. The van der Waals surface area contributed by atoms with Crippen molar-refractivity contribution in [3.8, 4) is 28.3 Å². The molecule has 0 aliphatic carbocycles. The fraction of sp³-hybridized carbons (Fsp3) is 0.333. The van der Waals surface area contributed by atoms with E-state index in [0.29, 0.717) is 0 Å². The van der Waals surface area contributed by atoms with Gasteiger partial charge in [-0.25, -0.2) is 4.98 Å². The molecule has 33 heavy (non-hydrogen) atoms. The predicted octanol–water partition coefficient (Wildman–Crippen LogP) is 5.92. The summed E-state index contributed by atoms with van der Waals surface area (Å²) in [6.07, 6.45) is 6.97. The zero-order chi connectivity index (χ0) is 23.3. The largest absolute Gasteiger partial charge is 0.497 e. The topological polar surface area (TPSA) is 62.8 Å². The number of rotatable bonds is 10. The summed E-state index contributed by atoms with van der Waals surface area (Å²) in [6.45, 7) is 6.35. The van der Waals surface area contributed by atoms with E-state index in [2.05, 4.69) is 65.7 Å². The highest BCUT2D eigenvalue weighted by molar-refractivity contribution is 7.98. The summed E-state index contributed by atoms with van der Waals surface area (Å²) >= 11 is 1.89. The molecule has 0 unspecified atom stereocenters. The number of nitrogens with one attached hydrogen (secondary N) is 2. The number of ether oxygens (including phenoxy) is 1. The Kier molecular flexibility index (Phi) is 7.36. The monoisotopic (exact) mass is 460 g/mol. The number of aromatic nitrogens is 3. The van der Waals surface area contributed by atoms with Crippen molar-refractivity contribution in [1.29, 1.82) is 0 Å². The lowest BCUT2D eigenvalue weighted by atomic mass is 9.92. The summed E-state index contributed by atoms with van der Waals surface area (Å²) in [6, 6.07) is 16.7. The van der Waals surface area contributed by atoms with E-state index in [1.54, 1.807) is 7.11 Å². The van der Waals surface area contributed by atoms with Gasteiger partial charge in [0.2, 0.25) is 0 Å². The Morgan fingerprint density at radius 1 is 1.00 bits per heavy atom. The van der Waals surface area contributed by atoms with Gasteiger partial charge in [0.15, 0.2) is 0 Å². The second-order valence-corrected chi connectivity index (χ2v) is 9.87. The SMILES string of the molecule is COc1ccc2cc(-c3nc(C(C)(C)CNCCCSC)[nH]c3-c3ccncc3)ccc2c1. The Labute approximate surface area is 200 Å². The van der Waals surface area contributed by atoms with Crippen molar-refractivity contribution in [2.45, 2.75) is 25.7 Å². The summed E-state index contributed by atoms with van der Waals surface area (Å²) in [5, 5.41) is 5.91. The second kappa shape index (κ2) is 10.4. The Bertz CT molecular complexity index is 1200. The molecule has 0 amide bonds. The van der Waals surface area contributed by atoms with Crippen LogP contribution in [-0.4, -0.2) is 47.2 Å². The number of hydrogen-bond donors (Lipinski definition) is 2. The maximum Gasteiger partial charge on any atom is 0.119 e. The molecule has 5 nitrogen and oxygen atoms in total. The molecule has 0 radical (unpaired) electrons. The Balaban J connectivity index is 1.71. The highest BCUT2D eigenvalue weighted by Crippen LogP contribution is 2.35. The van der Waals surface area contributed by atoms with E-state index >= 15 is 0 Å². The summed E-state index contributed by atoms with van der Waals surface area (Å²) in [5.74, 6) is 3.02. The molecule has 2 aromatic heterocycles. The van der Waals surface area contributed by atoms with Crippen LogP contribution in [0.4, 0.5) is 0 Å². The van der Waals surface area contributed by atoms with Crippen LogP contribution >= 0.6 is 11.8 Å². The smallest absolute Gasteiger partial charge is 0.119 e. The summed E-state index contributed by atoms with van der Waals surface area (Å²) in [5.41, 5.74) is 4.02. The van der Waals surface area contributed by atoms with Crippen molar-refractivity contribution in [3.63, 3.8) is 0 Å². The first-order valence-corrected chi connectivity index (χ1v) is 12.7. The van der Waals surface area contributed by atoms with E-state index in [0.717, 1.165) is 58.0 Å². The average molecular weight is 461 g/mol. The number of methoxy groups -OCH3 is 1. The van der Waals surface area contributed by atoms with E-state index in [4.69, 9.17) is 9.72 Å². The molecule has 0 aliphatic heterocycles. The zero-order valence-corrected chi connectivity index (χ0v) is 20.6. The van der Waals surface area contributed by atoms with Gasteiger partial charge in [0.25, 0.3) is 0 Å². The first-order valence-electron chi connectivity index (χ1n) is 11.3.